The fourth-order valence-electron chi connectivity index (χ4n) is 1.51. The molecule has 0 aliphatic heterocycles. The molecule has 0 bridgehead atoms. The second-order valence-electron chi connectivity index (χ2n) is 5.28. The number of carbonyl (C=O) groups is 1. The van der Waals surface area contributed by atoms with Gasteiger partial charge in [0.1, 0.15) is 17.1 Å². The Bertz CT molecular complexity index is 399. The molecule has 4 heteroatoms. The van der Waals surface area contributed by atoms with Crippen LogP contribution in [0.4, 0.5) is 0 Å². The van der Waals surface area contributed by atoms with Crippen molar-refractivity contribution in [1.29, 1.82) is 0 Å². The lowest BCUT2D eigenvalue weighted by Gasteiger charge is -2.20. The van der Waals surface area contributed by atoms with Crippen LogP contribution in [0.3, 0.4) is 0 Å². The van der Waals surface area contributed by atoms with Crippen molar-refractivity contribution < 1.29 is 14.3 Å². The van der Waals surface area contributed by atoms with E-state index >= 15 is 0 Å². The summed E-state index contributed by atoms with van der Waals surface area (Å²) in [4.78, 5) is 12.2. The number of rotatable bonds is 4. The molecule has 4 nitrogen and oxygen atoms in total. The van der Waals surface area contributed by atoms with Crippen molar-refractivity contribution in [3.63, 3.8) is 0 Å². The van der Waals surface area contributed by atoms with Crippen molar-refractivity contribution in [2.24, 2.45) is 5.41 Å². The molecule has 1 aromatic carbocycles. The van der Waals surface area contributed by atoms with Gasteiger partial charge in [-0.25, -0.2) is 0 Å². The van der Waals surface area contributed by atoms with E-state index in [4.69, 9.17) is 9.47 Å². The monoisotopic (exact) mass is 251 g/mol. The highest BCUT2D eigenvalue weighted by Gasteiger charge is 2.19. The highest BCUT2D eigenvalue weighted by atomic mass is 16.5. The van der Waals surface area contributed by atoms with Crippen molar-refractivity contribution >= 4 is 5.91 Å². The van der Waals surface area contributed by atoms with Gasteiger partial charge in [-0.1, -0.05) is 26.8 Å². The third-order valence-electron chi connectivity index (χ3n) is 2.43. The van der Waals surface area contributed by atoms with Gasteiger partial charge in [-0.2, -0.15) is 0 Å². The first-order valence-corrected chi connectivity index (χ1v) is 5.88. The van der Waals surface area contributed by atoms with Gasteiger partial charge in [0.2, 0.25) is 0 Å². The quantitative estimate of drug-likeness (QED) is 0.894. The summed E-state index contributed by atoms with van der Waals surface area (Å²) in [5.74, 6) is 0.848. The summed E-state index contributed by atoms with van der Waals surface area (Å²) in [5, 5.41) is 2.89. The molecule has 0 unspecified atom stereocenters. The summed E-state index contributed by atoms with van der Waals surface area (Å²) >= 11 is 0. The first kappa shape index (κ1) is 14.4. The number of nitrogens with one attached hydrogen (secondary N) is 1. The zero-order chi connectivity index (χ0) is 13.8. The molecule has 100 valence electrons. The lowest BCUT2D eigenvalue weighted by Crippen LogP contribution is -2.32. The summed E-state index contributed by atoms with van der Waals surface area (Å²) in [6, 6.07) is 5.28. The average Bonchev–Trinajstić information content (AvgIpc) is 2.33. The molecule has 0 aromatic heterocycles. The number of hydrogen-bond acceptors (Lipinski definition) is 3. The van der Waals surface area contributed by atoms with Crippen molar-refractivity contribution in [3.8, 4) is 11.5 Å². The van der Waals surface area contributed by atoms with E-state index in [1.165, 1.54) is 14.2 Å². The minimum Gasteiger partial charge on any atom is -0.496 e. The molecule has 18 heavy (non-hydrogen) atoms. The topological polar surface area (TPSA) is 47.6 Å². The van der Waals surface area contributed by atoms with Gasteiger partial charge in [0.25, 0.3) is 5.91 Å². The fourth-order valence-corrected chi connectivity index (χ4v) is 1.51. The van der Waals surface area contributed by atoms with E-state index < -0.39 is 0 Å². The Hall–Kier alpha value is -1.71. The van der Waals surface area contributed by atoms with Crippen molar-refractivity contribution in [2.45, 2.75) is 20.8 Å². The van der Waals surface area contributed by atoms with Gasteiger partial charge in [0, 0.05) is 6.54 Å². The minimum atomic E-state index is -0.181. The summed E-state index contributed by atoms with van der Waals surface area (Å²) < 4.78 is 10.4. The van der Waals surface area contributed by atoms with E-state index in [1.807, 2.05) is 0 Å². The van der Waals surface area contributed by atoms with Gasteiger partial charge in [-0.3, -0.25) is 4.79 Å². The maximum absolute atomic E-state index is 12.2. The summed E-state index contributed by atoms with van der Waals surface area (Å²) in [5.41, 5.74) is 0.469. The third-order valence-corrected chi connectivity index (χ3v) is 2.43. The number of amides is 1. The Morgan fingerprint density at radius 3 is 2.06 bits per heavy atom. The molecule has 1 N–H and O–H groups in total. The molecule has 1 amide bonds. The molecule has 1 aromatic rings. The number of carbonyl (C=O) groups excluding carboxylic acids is 1. The average molecular weight is 251 g/mol. The van der Waals surface area contributed by atoms with E-state index in [0.717, 1.165) is 0 Å². The van der Waals surface area contributed by atoms with Crippen molar-refractivity contribution in [1.82, 2.24) is 5.32 Å². The van der Waals surface area contributed by atoms with Crippen LogP contribution < -0.4 is 14.8 Å². The molecule has 0 saturated heterocycles. The maximum Gasteiger partial charge on any atom is 0.258 e. The molecular formula is C14H21NO3. The largest absolute Gasteiger partial charge is 0.496 e. The molecule has 0 atom stereocenters. The van der Waals surface area contributed by atoms with Crippen LogP contribution in [-0.2, 0) is 0 Å². The van der Waals surface area contributed by atoms with Gasteiger partial charge < -0.3 is 14.8 Å². The lowest BCUT2D eigenvalue weighted by atomic mass is 9.97. The van der Waals surface area contributed by atoms with E-state index in [-0.39, 0.29) is 11.3 Å². The zero-order valence-electron chi connectivity index (χ0n) is 11.7. The van der Waals surface area contributed by atoms with Crippen LogP contribution in [0.5, 0.6) is 11.5 Å². The Kier molecular flexibility index (Phi) is 4.59. The van der Waals surface area contributed by atoms with Gasteiger partial charge in [0.05, 0.1) is 14.2 Å². The molecule has 0 heterocycles. The van der Waals surface area contributed by atoms with Crippen LogP contribution in [0.1, 0.15) is 31.1 Å². The Morgan fingerprint density at radius 1 is 1.17 bits per heavy atom. The summed E-state index contributed by atoms with van der Waals surface area (Å²) in [6.45, 7) is 6.78. The molecule has 0 aliphatic rings. The summed E-state index contributed by atoms with van der Waals surface area (Å²) in [6.07, 6.45) is 0. The molecule has 0 saturated carbocycles. The third kappa shape index (κ3) is 3.65. The van der Waals surface area contributed by atoms with E-state index in [0.29, 0.717) is 23.6 Å². The smallest absolute Gasteiger partial charge is 0.258 e. The maximum atomic E-state index is 12.2. The van der Waals surface area contributed by atoms with E-state index in [1.54, 1.807) is 18.2 Å². The normalized spacial score (nSPS) is 10.9. The first-order valence-electron chi connectivity index (χ1n) is 5.88. The van der Waals surface area contributed by atoms with Crippen LogP contribution in [0.2, 0.25) is 0 Å². The van der Waals surface area contributed by atoms with E-state index in [2.05, 4.69) is 26.1 Å². The Balaban J connectivity index is 2.96. The number of methoxy groups -OCH3 is 2. The van der Waals surface area contributed by atoms with Crippen LogP contribution in [0.15, 0.2) is 18.2 Å². The zero-order valence-corrected chi connectivity index (χ0v) is 11.7. The van der Waals surface area contributed by atoms with E-state index in [9.17, 15) is 4.79 Å². The van der Waals surface area contributed by atoms with Crippen molar-refractivity contribution in [3.05, 3.63) is 23.8 Å². The first-order chi connectivity index (χ1) is 8.39. The molecule has 1 rings (SSSR count). The molecule has 0 fully saturated rings. The van der Waals surface area contributed by atoms with Crippen LogP contribution in [0.25, 0.3) is 0 Å². The van der Waals surface area contributed by atoms with Gasteiger partial charge >= 0.3 is 0 Å². The Labute approximate surface area is 108 Å². The number of ether oxygens (including phenoxy) is 2. The van der Waals surface area contributed by atoms with Gasteiger partial charge in [0.15, 0.2) is 0 Å². The highest BCUT2D eigenvalue weighted by molar-refractivity contribution is 5.99. The second-order valence-corrected chi connectivity index (χ2v) is 5.28. The molecular weight excluding hydrogens is 230 g/mol. The molecule has 0 spiro atoms. The second kappa shape index (κ2) is 5.76. The highest BCUT2D eigenvalue weighted by Crippen LogP contribution is 2.28. The van der Waals surface area contributed by atoms with Gasteiger partial charge in [-0.15, -0.1) is 0 Å². The fraction of sp³-hybridized carbons (Fsp3) is 0.500. The van der Waals surface area contributed by atoms with Crippen molar-refractivity contribution in [2.75, 3.05) is 20.8 Å². The molecule has 0 radical (unpaired) electrons. The Morgan fingerprint density at radius 2 is 1.67 bits per heavy atom. The SMILES string of the molecule is COc1cccc(OC)c1C(=O)NCC(C)(C)C. The summed E-state index contributed by atoms with van der Waals surface area (Å²) in [7, 11) is 3.07. The standard InChI is InChI=1S/C14H21NO3/c1-14(2,3)9-15-13(16)12-10(17-4)7-6-8-11(12)18-5/h6-8H,9H2,1-5H3,(H,15,16). The lowest BCUT2D eigenvalue weighted by molar-refractivity contribution is 0.0933. The predicted octanol–water partition coefficient (Wildman–Crippen LogP) is 2.48. The molecule has 0 aliphatic carbocycles. The number of benzene rings is 1. The number of hydrogen-bond donors (Lipinski definition) is 1. The van der Waals surface area contributed by atoms with Crippen LogP contribution >= 0.6 is 0 Å². The minimum absolute atomic E-state index is 0.0326. The van der Waals surface area contributed by atoms with Gasteiger partial charge in [-0.05, 0) is 17.5 Å². The predicted molar refractivity (Wildman–Crippen MR) is 71.3 cm³/mol. The van der Waals surface area contributed by atoms with Crippen LogP contribution in [-0.4, -0.2) is 26.7 Å². The van der Waals surface area contributed by atoms with Crippen LogP contribution in [0, 0.1) is 5.41 Å².